The Balaban J connectivity index is 2.24. The topological polar surface area (TPSA) is 46.5 Å². The van der Waals surface area contributed by atoms with Gasteiger partial charge in [-0.2, -0.15) is 0 Å². The first-order valence-corrected chi connectivity index (χ1v) is 10.5. The summed E-state index contributed by atoms with van der Waals surface area (Å²) in [6.07, 6.45) is 16.6. The molecule has 148 valence electrons. The lowest BCUT2D eigenvalue weighted by molar-refractivity contribution is -0.138. The molecule has 0 amide bonds. The molecule has 0 radical (unpaired) electrons. The third-order valence-corrected chi connectivity index (χ3v) is 5.21. The van der Waals surface area contributed by atoms with Crippen molar-refractivity contribution in [2.24, 2.45) is 5.92 Å². The average molecular weight is 371 g/mol. The van der Waals surface area contributed by atoms with Crippen molar-refractivity contribution in [3.8, 4) is 0 Å². The van der Waals surface area contributed by atoms with Crippen LogP contribution in [0, 0.1) is 5.92 Å². The molecule has 0 fully saturated rings. The number of hydrogen-bond acceptors (Lipinski definition) is 2. The van der Waals surface area contributed by atoms with Gasteiger partial charge in [0.2, 0.25) is 0 Å². The number of hydrogen-bond donors (Lipinski definition) is 1. The molecule has 2 rings (SSSR count). The Morgan fingerprint density at radius 1 is 1.00 bits per heavy atom. The fraction of sp³-hybridized carbons (Fsp3) is 0.542. The first kappa shape index (κ1) is 21.4. The second kappa shape index (κ2) is 11.1. The molecule has 1 aromatic rings. The second-order valence-electron chi connectivity index (χ2n) is 7.40. The van der Waals surface area contributed by atoms with E-state index >= 15 is 0 Å². The molecule has 0 heterocycles. The van der Waals surface area contributed by atoms with E-state index < -0.39 is 17.5 Å². The zero-order valence-electron chi connectivity index (χ0n) is 16.8. The van der Waals surface area contributed by atoms with E-state index in [1.807, 2.05) is 18.2 Å². The Hall–Kier alpha value is -1.87. The smallest absolute Gasteiger partial charge is 0.314 e. The van der Waals surface area contributed by atoms with E-state index in [1.165, 1.54) is 31.2 Å². The largest absolute Gasteiger partial charge is 0.481 e. The zero-order valence-corrected chi connectivity index (χ0v) is 16.8. The number of aryl methyl sites for hydroxylation is 1. The lowest BCUT2D eigenvalue weighted by Gasteiger charge is -2.33. The molecule has 0 aliphatic heterocycles. The van der Waals surface area contributed by atoms with E-state index in [-0.39, 0.29) is 0 Å². The van der Waals surface area contributed by atoms with E-state index in [1.54, 1.807) is 12.2 Å². The Labute approximate surface area is 164 Å². The number of carboxylic acid groups (broad SMARTS) is 1. The van der Waals surface area contributed by atoms with Crippen molar-refractivity contribution < 1.29 is 14.6 Å². The van der Waals surface area contributed by atoms with Crippen LogP contribution in [0.15, 0.2) is 48.6 Å². The second-order valence-corrected chi connectivity index (χ2v) is 7.40. The van der Waals surface area contributed by atoms with Crippen LogP contribution in [-0.4, -0.2) is 17.7 Å². The molecule has 27 heavy (non-hydrogen) atoms. The molecule has 1 aliphatic rings. The average Bonchev–Trinajstić information content (AvgIpc) is 2.69. The number of unbranched alkanes of at least 4 members (excludes halogenated alkanes) is 5. The Kier molecular flexibility index (Phi) is 8.80. The summed E-state index contributed by atoms with van der Waals surface area (Å²) in [6, 6.07) is 8.43. The van der Waals surface area contributed by atoms with Crippen LogP contribution >= 0.6 is 0 Å². The molecule has 3 nitrogen and oxygen atoms in total. The molecule has 0 bridgehead atoms. The van der Waals surface area contributed by atoms with Crippen molar-refractivity contribution in [3.63, 3.8) is 0 Å². The van der Waals surface area contributed by atoms with E-state index in [0.717, 1.165) is 31.2 Å². The van der Waals surface area contributed by atoms with Gasteiger partial charge >= 0.3 is 5.97 Å². The first-order valence-electron chi connectivity index (χ1n) is 10.5. The van der Waals surface area contributed by atoms with Gasteiger partial charge in [0.05, 0.1) is 5.92 Å². The summed E-state index contributed by atoms with van der Waals surface area (Å²) in [5, 5.41) is 9.31. The van der Waals surface area contributed by atoms with Gasteiger partial charge in [0.25, 0.3) is 0 Å². The van der Waals surface area contributed by atoms with E-state index in [4.69, 9.17) is 4.74 Å². The van der Waals surface area contributed by atoms with Crippen LogP contribution < -0.4 is 0 Å². The predicted molar refractivity (Wildman–Crippen MR) is 111 cm³/mol. The minimum Gasteiger partial charge on any atom is -0.481 e. The molecule has 0 aromatic heterocycles. The zero-order chi connectivity index (χ0) is 19.5. The van der Waals surface area contributed by atoms with E-state index in [9.17, 15) is 9.90 Å². The van der Waals surface area contributed by atoms with Crippen LogP contribution in [0.3, 0.4) is 0 Å². The van der Waals surface area contributed by atoms with Crippen LogP contribution in [0.1, 0.15) is 69.9 Å². The van der Waals surface area contributed by atoms with E-state index in [2.05, 4.69) is 32.0 Å². The predicted octanol–water partition coefficient (Wildman–Crippen LogP) is 6.04. The molecule has 1 aromatic carbocycles. The maximum atomic E-state index is 11.3. The molecule has 3 heteroatoms. The molecule has 0 saturated carbocycles. The van der Waals surface area contributed by atoms with Gasteiger partial charge in [0.15, 0.2) is 0 Å². The van der Waals surface area contributed by atoms with E-state index in [0.29, 0.717) is 6.61 Å². The third kappa shape index (κ3) is 6.07. The molecule has 0 atom stereocenters. The van der Waals surface area contributed by atoms with Crippen LogP contribution in [0.5, 0.6) is 0 Å². The summed E-state index contributed by atoms with van der Waals surface area (Å²) >= 11 is 0. The fourth-order valence-corrected chi connectivity index (χ4v) is 3.59. The van der Waals surface area contributed by atoms with Gasteiger partial charge in [-0.25, -0.2) is 0 Å². The van der Waals surface area contributed by atoms with Gasteiger partial charge in [-0.1, -0.05) is 82.4 Å². The Morgan fingerprint density at radius 2 is 1.67 bits per heavy atom. The summed E-state index contributed by atoms with van der Waals surface area (Å²) < 4.78 is 6.41. The van der Waals surface area contributed by atoms with Crippen LogP contribution in [0.4, 0.5) is 0 Å². The van der Waals surface area contributed by atoms with Crippen molar-refractivity contribution in [2.75, 3.05) is 6.61 Å². The summed E-state index contributed by atoms with van der Waals surface area (Å²) in [5.74, 6) is -1.40. The number of benzene rings is 1. The number of aliphatic carboxylic acids is 1. The monoisotopic (exact) mass is 370 g/mol. The number of carboxylic acids is 1. The number of ether oxygens (including phenoxy) is 1. The molecule has 1 aliphatic carbocycles. The standard InChI is InChI=1S/C24H34O3/c1-3-5-7-11-19-27-24(17-15-21(16-18-24)23(25)26)22-14-10-9-13-20(22)12-8-6-4-2/h9-10,13-18,21H,3-8,11-12,19H2,1-2H3,(H,25,26). The van der Waals surface area contributed by atoms with Crippen LogP contribution in [0.25, 0.3) is 0 Å². The summed E-state index contributed by atoms with van der Waals surface area (Å²) in [7, 11) is 0. The first-order chi connectivity index (χ1) is 13.1. The highest BCUT2D eigenvalue weighted by atomic mass is 16.5. The van der Waals surface area contributed by atoms with Crippen LogP contribution in [0.2, 0.25) is 0 Å². The van der Waals surface area contributed by atoms with Crippen LogP contribution in [-0.2, 0) is 21.6 Å². The maximum Gasteiger partial charge on any atom is 0.314 e. The highest BCUT2D eigenvalue weighted by molar-refractivity contribution is 5.75. The molecule has 0 saturated heterocycles. The highest BCUT2D eigenvalue weighted by Crippen LogP contribution is 2.36. The fourth-order valence-electron chi connectivity index (χ4n) is 3.59. The lowest BCUT2D eigenvalue weighted by Crippen LogP contribution is -2.30. The molecule has 0 unspecified atom stereocenters. The van der Waals surface area contributed by atoms with Gasteiger partial charge in [0, 0.05) is 6.61 Å². The van der Waals surface area contributed by atoms with Crippen molar-refractivity contribution in [1.82, 2.24) is 0 Å². The van der Waals surface area contributed by atoms with Gasteiger partial charge in [-0.3, -0.25) is 4.79 Å². The maximum absolute atomic E-state index is 11.3. The van der Waals surface area contributed by atoms with Crippen molar-refractivity contribution in [3.05, 3.63) is 59.7 Å². The number of carbonyl (C=O) groups is 1. The molecule has 1 N–H and O–H groups in total. The summed E-state index contributed by atoms with van der Waals surface area (Å²) in [5.41, 5.74) is 1.79. The van der Waals surface area contributed by atoms with Gasteiger partial charge in [0.1, 0.15) is 5.60 Å². The normalized spacial score (nSPS) is 21.5. The number of rotatable bonds is 12. The van der Waals surface area contributed by atoms with Crippen molar-refractivity contribution >= 4 is 5.97 Å². The third-order valence-electron chi connectivity index (χ3n) is 5.21. The SMILES string of the molecule is CCCCCCOC1(c2ccccc2CCCCC)C=CC(C(=O)O)C=C1. The highest BCUT2D eigenvalue weighted by Gasteiger charge is 2.33. The lowest BCUT2D eigenvalue weighted by atomic mass is 9.82. The van der Waals surface area contributed by atoms with Crippen molar-refractivity contribution in [2.45, 2.75) is 70.8 Å². The molecular weight excluding hydrogens is 336 g/mol. The van der Waals surface area contributed by atoms with Gasteiger partial charge < -0.3 is 9.84 Å². The Bertz CT molecular complexity index is 631. The quantitative estimate of drug-likeness (QED) is 0.360. The minimum absolute atomic E-state index is 0.575. The minimum atomic E-state index is -0.824. The van der Waals surface area contributed by atoms with Crippen molar-refractivity contribution in [1.29, 1.82) is 0 Å². The van der Waals surface area contributed by atoms with Gasteiger partial charge in [-0.05, 0) is 42.5 Å². The molecular formula is C24H34O3. The summed E-state index contributed by atoms with van der Waals surface area (Å²) in [6.45, 7) is 5.09. The molecule has 0 spiro atoms. The van der Waals surface area contributed by atoms with Gasteiger partial charge in [-0.15, -0.1) is 0 Å². The summed E-state index contributed by atoms with van der Waals surface area (Å²) in [4.78, 5) is 11.3. The Morgan fingerprint density at radius 3 is 2.33 bits per heavy atom.